The predicted octanol–water partition coefficient (Wildman–Crippen LogP) is 0.993. The highest BCUT2D eigenvalue weighted by molar-refractivity contribution is 7.89. The van der Waals surface area contributed by atoms with Gasteiger partial charge in [0.15, 0.2) is 4.90 Å². The lowest BCUT2D eigenvalue weighted by atomic mass is 10.2. The Kier molecular flexibility index (Phi) is 6.39. The van der Waals surface area contributed by atoms with Crippen molar-refractivity contribution in [3.8, 4) is 0 Å². The van der Waals surface area contributed by atoms with E-state index in [0.29, 0.717) is 18.7 Å². The summed E-state index contributed by atoms with van der Waals surface area (Å²) in [5.74, 6) is 0. The van der Waals surface area contributed by atoms with Gasteiger partial charge in [0.1, 0.15) is 0 Å². The van der Waals surface area contributed by atoms with E-state index in [4.69, 9.17) is 0 Å². The highest BCUT2D eigenvalue weighted by Crippen LogP contribution is 2.30. The third kappa shape index (κ3) is 4.12. The summed E-state index contributed by atoms with van der Waals surface area (Å²) < 4.78 is 27.2. The van der Waals surface area contributed by atoms with Gasteiger partial charge < -0.3 is 5.32 Å². The van der Waals surface area contributed by atoms with Crippen LogP contribution in [0.5, 0.6) is 0 Å². The Hall–Kier alpha value is -1.26. The molecule has 2 aliphatic rings. The van der Waals surface area contributed by atoms with E-state index in [0.717, 1.165) is 32.6 Å². The number of halogens is 1. The van der Waals surface area contributed by atoms with Gasteiger partial charge in [0, 0.05) is 51.4 Å². The standard InChI is InChI=1S/C15H22N4O4S.ClH/c1-12-2-3-15(14(10-12)19(20)21)24(22,23)18-7-4-13(11-18)17-8-5-16-6-9-17;/h2-3,10,13,16H,4-9,11H2,1H3;1H. The number of nitro groups is 1. The van der Waals surface area contributed by atoms with Crippen LogP contribution >= 0.6 is 12.4 Å². The molecule has 2 saturated heterocycles. The van der Waals surface area contributed by atoms with E-state index in [1.807, 2.05) is 0 Å². The third-order valence-electron chi connectivity index (χ3n) is 4.72. The van der Waals surface area contributed by atoms with Crippen LogP contribution in [0.2, 0.25) is 0 Å². The molecule has 25 heavy (non-hydrogen) atoms. The summed E-state index contributed by atoms with van der Waals surface area (Å²) in [6.07, 6.45) is 0.763. The van der Waals surface area contributed by atoms with Crippen LogP contribution in [0, 0.1) is 17.0 Å². The molecule has 8 nitrogen and oxygen atoms in total. The van der Waals surface area contributed by atoms with Gasteiger partial charge in [-0.2, -0.15) is 4.31 Å². The maximum absolute atomic E-state index is 12.9. The van der Waals surface area contributed by atoms with Gasteiger partial charge in [-0.05, 0) is 25.0 Å². The van der Waals surface area contributed by atoms with Gasteiger partial charge in [0.2, 0.25) is 10.0 Å². The van der Waals surface area contributed by atoms with E-state index in [9.17, 15) is 18.5 Å². The molecular weight excluding hydrogens is 368 g/mol. The zero-order chi connectivity index (χ0) is 17.3. The fourth-order valence-corrected chi connectivity index (χ4v) is 5.03. The Morgan fingerprint density at radius 3 is 2.56 bits per heavy atom. The zero-order valence-corrected chi connectivity index (χ0v) is 15.7. The van der Waals surface area contributed by atoms with E-state index >= 15 is 0 Å². The minimum Gasteiger partial charge on any atom is -0.314 e. The van der Waals surface area contributed by atoms with Crippen LogP contribution in [0.3, 0.4) is 0 Å². The number of piperazine rings is 1. The second-order valence-corrected chi connectivity index (χ2v) is 8.23. The number of nitrogens with one attached hydrogen (secondary N) is 1. The maximum atomic E-state index is 12.9. The van der Waals surface area contributed by atoms with Crippen LogP contribution in [-0.4, -0.2) is 67.9 Å². The summed E-state index contributed by atoms with van der Waals surface area (Å²) in [4.78, 5) is 12.7. The fraction of sp³-hybridized carbons (Fsp3) is 0.600. The maximum Gasteiger partial charge on any atom is 0.289 e. The van der Waals surface area contributed by atoms with E-state index < -0.39 is 14.9 Å². The van der Waals surface area contributed by atoms with Crippen LogP contribution in [-0.2, 0) is 10.0 Å². The first-order chi connectivity index (χ1) is 11.4. The molecule has 140 valence electrons. The number of rotatable bonds is 4. The SMILES string of the molecule is Cc1ccc(S(=O)(=O)N2CCC(N3CCNCC3)C2)c([N+](=O)[O-])c1.Cl. The highest BCUT2D eigenvalue weighted by atomic mass is 35.5. The van der Waals surface area contributed by atoms with Crippen LogP contribution in [0.15, 0.2) is 23.1 Å². The number of aryl methyl sites for hydroxylation is 1. The van der Waals surface area contributed by atoms with Gasteiger partial charge in [-0.3, -0.25) is 15.0 Å². The second kappa shape index (κ2) is 7.96. The predicted molar refractivity (Wildman–Crippen MR) is 96.7 cm³/mol. The van der Waals surface area contributed by atoms with Crippen molar-refractivity contribution in [3.63, 3.8) is 0 Å². The molecule has 1 unspecified atom stereocenters. The largest absolute Gasteiger partial charge is 0.314 e. The molecule has 1 aromatic rings. The Bertz CT molecular complexity index is 737. The average molecular weight is 391 g/mol. The Morgan fingerprint density at radius 2 is 1.92 bits per heavy atom. The normalized spacial score (nSPS) is 22.5. The van der Waals surface area contributed by atoms with Crippen molar-refractivity contribution < 1.29 is 13.3 Å². The topological polar surface area (TPSA) is 95.8 Å². The highest BCUT2D eigenvalue weighted by Gasteiger charge is 2.38. The van der Waals surface area contributed by atoms with Crippen molar-refractivity contribution >= 4 is 28.1 Å². The quantitative estimate of drug-likeness (QED) is 0.608. The first-order valence-electron chi connectivity index (χ1n) is 8.09. The summed E-state index contributed by atoms with van der Waals surface area (Å²) in [7, 11) is -3.85. The Morgan fingerprint density at radius 1 is 1.24 bits per heavy atom. The monoisotopic (exact) mass is 390 g/mol. The van der Waals surface area contributed by atoms with Crippen LogP contribution in [0.25, 0.3) is 0 Å². The Balaban J connectivity index is 0.00000225. The van der Waals surface area contributed by atoms with Gasteiger partial charge in [0.25, 0.3) is 5.69 Å². The molecule has 0 aromatic heterocycles. The van der Waals surface area contributed by atoms with E-state index in [-0.39, 0.29) is 29.0 Å². The van der Waals surface area contributed by atoms with Crippen molar-refractivity contribution in [1.29, 1.82) is 0 Å². The number of nitrogens with zero attached hydrogens (tertiary/aromatic N) is 3. The molecule has 0 bridgehead atoms. The van der Waals surface area contributed by atoms with Gasteiger partial charge in [-0.25, -0.2) is 8.42 Å². The molecule has 3 rings (SSSR count). The summed E-state index contributed by atoms with van der Waals surface area (Å²) in [6, 6.07) is 4.45. The minimum atomic E-state index is -3.85. The minimum absolute atomic E-state index is 0. The summed E-state index contributed by atoms with van der Waals surface area (Å²) in [5.41, 5.74) is 0.321. The number of hydrogen-bond acceptors (Lipinski definition) is 6. The number of sulfonamides is 1. The van der Waals surface area contributed by atoms with Crippen molar-refractivity contribution in [2.24, 2.45) is 0 Å². The molecule has 0 saturated carbocycles. The summed E-state index contributed by atoms with van der Waals surface area (Å²) >= 11 is 0. The van der Waals surface area contributed by atoms with Crippen molar-refractivity contribution in [2.45, 2.75) is 24.3 Å². The van der Waals surface area contributed by atoms with E-state index in [2.05, 4.69) is 10.2 Å². The zero-order valence-electron chi connectivity index (χ0n) is 14.1. The van der Waals surface area contributed by atoms with E-state index in [1.165, 1.54) is 16.4 Å². The molecule has 0 radical (unpaired) electrons. The molecule has 2 aliphatic heterocycles. The number of nitro benzene ring substituents is 1. The average Bonchev–Trinajstić information content (AvgIpc) is 3.06. The molecule has 0 amide bonds. The van der Waals surface area contributed by atoms with Crippen LogP contribution in [0.4, 0.5) is 5.69 Å². The fourth-order valence-electron chi connectivity index (χ4n) is 3.40. The molecule has 2 fully saturated rings. The smallest absolute Gasteiger partial charge is 0.289 e. The lowest BCUT2D eigenvalue weighted by molar-refractivity contribution is -0.387. The first-order valence-corrected chi connectivity index (χ1v) is 9.53. The molecule has 0 spiro atoms. The van der Waals surface area contributed by atoms with Gasteiger partial charge in [-0.15, -0.1) is 12.4 Å². The lowest BCUT2D eigenvalue weighted by Gasteiger charge is -2.32. The first kappa shape index (κ1) is 20.1. The Labute approximate surface area is 153 Å². The lowest BCUT2D eigenvalue weighted by Crippen LogP contribution is -2.49. The van der Waals surface area contributed by atoms with Crippen molar-refractivity contribution in [2.75, 3.05) is 39.3 Å². The summed E-state index contributed by atoms with van der Waals surface area (Å²) in [6.45, 7) is 6.14. The van der Waals surface area contributed by atoms with Crippen LogP contribution < -0.4 is 5.32 Å². The summed E-state index contributed by atoms with van der Waals surface area (Å²) in [5, 5.41) is 14.5. The van der Waals surface area contributed by atoms with Gasteiger partial charge in [-0.1, -0.05) is 6.07 Å². The molecular formula is C15H23ClN4O4S. The van der Waals surface area contributed by atoms with Gasteiger partial charge >= 0.3 is 0 Å². The molecule has 10 heteroatoms. The van der Waals surface area contributed by atoms with Gasteiger partial charge in [0.05, 0.1) is 4.92 Å². The number of benzene rings is 1. The molecule has 2 heterocycles. The van der Waals surface area contributed by atoms with E-state index in [1.54, 1.807) is 13.0 Å². The molecule has 1 N–H and O–H groups in total. The third-order valence-corrected chi connectivity index (χ3v) is 6.64. The van der Waals surface area contributed by atoms with Crippen molar-refractivity contribution in [1.82, 2.24) is 14.5 Å². The van der Waals surface area contributed by atoms with Crippen molar-refractivity contribution in [3.05, 3.63) is 33.9 Å². The second-order valence-electron chi connectivity index (χ2n) is 6.32. The molecule has 0 aliphatic carbocycles. The molecule has 1 atom stereocenters. The number of hydrogen-bond donors (Lipinski definition) is 1. The molecule has 1 aromatic carbocycles. The van der Waals surface area contributed by atoms with Crippen LogP contribution in [0.1, 0.15) is 12.0 Å².